The molecule has 0 fully saturated rings. The molecule has 21 heavy (non-hydrogen) atoms. The predicted molar refractivity (Wildman–Crippen MR) is 83.2 cm³/mol. The van der Waals surface area contributed by atoms with Crippen LogP contribution < -0.4 is 14.8 Å². The molecule has 5 nitrogen and oxygen atoms in total. The molecule has 0 spiro atoms. The lowest BCUT2D eigenvalue weighted by molar-refractivity contribution is 0.174. The third-order valence-corrected chi connectivity index (χ3v) is 5.70. The third kappa shape index (κ3) is 1.88. The van der Waals surface area contributed by atoms with Crippen LogP contribution in [0.25, 0.3) is 10.2 Å². The minimum atomic E-state index is 0.294. The Morgan fingerprint density at radius 1 is 1.00 bits per heavy atom. The zero-order valence-electron chi connectivity index (χ0n) is 11.0. The molecule has 2 aliphatic rings. The van der Waals surface area contributed by atoms with E-state index in [4.69, 9.17) is 9.47 Å². The molecule has 1 N–H and O–H groups in total. The Morgan fingerprint density at radius 3 is 2.76 bits per heavy atom. The summed E-state index contributed by atoms with van der Waals surface area (Å²) >= 11 is 3.35. The molecular weight excluding hydrogens is 306 g/mol. The van der Waals surface area contributed by atoms with Crippen molar-refractivity contribution in [1.82, 2.24) is 9.97 Å². The Hall–Kier alpha value is -1.86. The Kier molecular flexibility index (Phi) is 2.42. The van der Waals surface area contributed by atoms with E-state index < -0.39 is 0 Å². The van der Waals surface area contributed by atoms with Crippen molar-refractivity contribution in [3.8, 4) is 11.5 Å². The maximum Gasteiger partial charge on any atom is 0.231 e. The highest BCUT2D eigenvalue weighted by Crippen LogP contribution is 2.40. The standard InChI is InChI=1S/C14H11N3O2S2/c1-2-7-11(3-1)20-13(15-7)17-14-16-8-4-9-10(19-6-18-9)5-12(8)21-14/h4-5H,1-3,6H2,(H,15,16,17). The number of aromatic nitrogens is 2. The predicted octanol–water partition coefficient (Wildman–Crippen LogP) is 3.71. The molecule has 7 heteroatoms. The normalized spacial score (nSPS) is 15.6. The molecule has 106 valence electrons. The van der Waals surface area contributed by atoms with Crippen molar-refractivity contribution in [2.45, 2.75) is 19.3 Å². The van der Waals surface area contributed by atoms with Gasteiger partial charge in [-0.2, -0.15) is 0 Å². The summed E-state index contributed by atoms with van der Waals surface area (Å²) in [5.74, 6) is 1.57. The summed E-state index contributed by atoms with van der Waals surface area (Å²) in [6, 6.07) is 3.92. The lowest BCUT2D eigenvalue weighted by Gasteiger charge is -1.95. The van der Waals surface area contributed by atoms with Crippen LogP contribution in [0.1, 0.15) is 17.0 Å². The van der Waals surface area contributed by atoms with Gasteiger partial charge in [-0.05, 0) is 19.3 Å². The second-order valence-electron chi connectivity index (χ2n) is 5.06. The average molecular weight is 317 g/mol. The molecule has 2 aromatic heterocycles. The molecule has 0 unspecified atom stereocenters. The Labute approximate surface area is 128 Å². The molecule has 0 saturated carbocycles. The molecule has 0 bridgehead atoms. The number of fused-ring (bicyclic) bond motifs is 3. The van der Waals surface area contributed by atoms with Crippen molar-refractivity contribution < 1.29 is 9.47 Å². The lowest BCUT2D eigenvalue weighted by Crippen LogP contribution is -1.92. The van der Waals surface area contributed by atoms with Gasteiger partial charge in [0, 0.05) is 17.0 Å². The van der Waals surface area contributed by atoms with Crippen molar-refractivity contribution in [1.29, 1.82) is 0 Å². The topological polar surface area (TPSA) is 56.3 Å². The van der Waals surface area contributed by atoms with Crippen LogP contribution >= 0.6 is 22.7 Å². The fraction of sp³-hybridized carbons (Fsp3) is 0.286. The first kappa shape index (κ1) is 11.8. The second kappa shape index (κ2) is 4.32. The van der Waals surface area contributed by atoms with Gasteiger partial charge in [0.25, 0.3) is 0 Å². The maximum atomic E-state index is 5.40. The van der Waals surface area contributed by atoms with Crippen LogP contribution in [0.5, 0.6) is 11.5 Å². The molecule has 3 aromatic rings. The number of anilines is 2. The number of thiazole rings is 2. The highest BCUT2D eigenvalue weighted by Gasteiger charge is 2.19. The first-order chi connectivity index (χ1) is 10.3. The highest BCUT2D eigenvalue weighted by atomic mass is 32.1. The van der Waals surface area contributed by atoms with E-state index in [9.17, 15) is 0 Å². The van der Waals surface area contributed by atoms with Gasteiger partial charge in [-0.1, -0.05) is 11.3 Å². The lowest BCUT2D eigenvalue weighted by atomic mass is 10.3. The number of benzene rings is 1. The zero-order chi connectivity index (χ0) is 13.8. The minimum Gasteiger partial charge on any atom is -0.454 e. The number of ether oxygens (including phenoxy) is 2. The van der Waals surface area contributed by atoms with Crippen molar-refractivity contribution >= 4 is 43.2 Å². The molecule has 0 radical (unpaired) electrons. The van der Waals surface area contributed by atoms with E-state index in [1.807, 2.05) is 12.1 Å². The molecule has 0 saturated heterocycles. The summed E-state index contributed by atoms with van der Waals surface area (Å²) in [6.45, 7) is 0.294. The van der Waals surface area contributed by atoms with Crippen LogP contribution in [0.3, 0.4) is 0 Å². The summed E-state index contributed by atoms with van der Waals surface area (Å²) in [5.41, 5.74) is 2.18. The number of aryl methyl sites for hydroxylation is 2. The van der Waals surface area contributed by atoms with Crippen molar-refractivity contribution in [3.05, 3.63) is 22.7 Å². The van der Waals surface area contributed by atoms with E-state index in [1.165, 1.54) is 17.0 Å². The van der Waals surface area contributed by atoms with Gasteiger partial charge in [0.2, 0.25) is 6.79 Å². The summed E-state index contributed by atoms with van der Waals surface area (Å²) in [5, 5.41) is 5.14. The van der Waals surface area contributed by atoms with Crippen molar-refractivity contribution in [2.75, 3.05) is 12.1 Å². The van der Waals surface area contributed by atoms with Gasteiger partial charge in [-0.25, -0.2) is 9.97 Å². The highest BCUT2D eigenvalue weighted by molar-refractivity contribution is 7.22. The Balaban J connectivity index is 1.49. The summed E-state index contributed by atoms with van der Waals surface area (Å²) in [6.07, 6.45) is 3.51. The van der Waals surface area contributed by atoms with Gasteiger partial charge < -0.3 is 14.8 Å². The van der Waals surface area contributed by atoms with Gasteiger partial charge in [-0.3, -0.25) is 0 Å². The van der Waals surface area contributed by atoms with Crippen LogP contribution in [-0.4, -0.2) is 16.8 Å². The number of rotatable bonds is 2. The molecule has 0 amide bonds. The molecule has 0 atom stereocenters. The Bertz CT molecular complexity index is 793. The molecular formula is C14H11N3O2S2. The van der Waals surface area contributed by atoms with Crippen molar-refractivity contribution in [3.63, 3.8) is 0 Å². The summed E-state index contributed by atoms with van der Waals surface area (Å²) in [7, 11) is 0. The molecule has 1 aliphatic heterocycles. The van der Waals surface area contributed by atoms with Crippen molar-refractivity contribution in [2.24, 2.45) is 0 Å². The maximum absolute atomic E-state index is 5.40. The first-order valence-electron chi connectivity index (χ1n) is 6.81. The largest absolute Gasteiger partial charge is 0.454 e. The average Bonchev–Trinajstić information content (AvgIpc) is 3.16. The number of nitrogens with one attached hydrogen (secondary N) is 1. The Morgan fingerprint density at radius 2 is 1.86 bits per heavy atom. The molecule has 1 aromatic carbocycles. The number of hydrogen-bond donors (Lipinski definition) is 1. The van der Waals surface area contributed by atoms with Crippen LogP contribution in [0.4, 0.5) is 10.3 Å². The monoisotopic (exact) mass is 317 g/mol. The zero-order valence-corrected chi connectivity index (χ0v) is 12.6. The first-order valence-corrected chi connectivity index (χ1v) is 8.44. The van der Waals surface area contributed by atoms with Gasteiger partial charge >= 0.3 is 0 Å². The van der Waals surface area contributed by atoms with E-state index >= 15 is 0 Å². The minimum absolute atomic E-state index is 0.294. The fourth-order valence-electron chi connectivity index (χ4n) is 2.71. The van der Waals surface area contributed by atoms with E-state index in [2.05, 4.69) is 15.3 Å². The van der Waals surface area contributed by atoms with E-state index in [1.54, 1.807) is 22.7 Å². The van der Waals surface area contributed by atoms with E-state index in [0.717, 1.165) is 44.8 Å². The van der Waals surface area contributed by atoms with Crippen LogP contribution in [0.2, 0.25) is 0 Å². The van der Waals surface area contributed by atoms with Gasteiger partial charge in [-0.15, -0.1) is 11.3 Å². The molecule has 5 rings (SSSR count). The van der Waals surface area contributed by atoms with Crippen LogP contribution in [-0.2, 0) is 12.8 Å². The quantitative estimate of drug-likeness (QED) is 0.781. The fourth-order valence-corrected chi connectivity index (χ4v) is 4.70. The number of nitrogens with zero attached hydrogens (tertiary/aromatic N) is 2. The van der Waals surface area contributed by atoms with E-state index in [0.29, 0.717) is 6.79 Å². The smallest absolute Gasteiger partial charge is 0.231 e. The second-order valence-corrected chi connectivity index (χ2v) is 7.17. The van der Waals surface area contributed by atoms with Gasteiger partial charge in [0.15, 0.2) is 21.8 Å². The molecule has 3 heterocycles. The summed E-state index contributed by atoms with van der Waals surface area (Å²) < 4.78 is 11.9. The number of hydrogen-bond acceptors (Lipinski definition) is 7. The van der Waals surface area contributed by atoms with Crippen LogP contribution in [0.15, 0.2) is 12.1 Å². The summed E-state index contributed by atoms with van der Waals surface area (Å²) in [4.78, 5) is 10.7. The van der Waals surface area contributed by atoms with Gasteiger partial charge in [0.05, 0.1) is 15.9 Å². The van der Waals surface area contributed by atoms with Gasteiger partial charge in [0.1, 0.15) is 0 Å². The van der Waals surface area contributed by atoms with E-state index in [-0.39, 0.29) is 0 Å². The van der Waals surface area contributed by atoms with Crippen LogP contribution in [0, 0.1) is 0 Å². The molecule has 1 aliphatic carbocycles. The third-order valence-electron chi connectivity index (χ3n) is 3.69. The SMILES string of the molecule is c1c2c(cc3sc(Nc4nc5c(s4)CCC5)nc13)OCO2.